The Kier molecular flexibility index (Phi) is 7.20. The van der Waals surface area contributed by atoms with Crippen LogP contribution in [-0.4, -0.2) is 39.8 Å². The number of carbonyl (C=O) groups is 1. The van der Waals surface area contributed by atoms with Gasteiger partial charge in [0.2, 0.25) is 0 Å². The zero-order chi connectivity index (χ0) is 22.8. The van der Waals surface area contributed by atoms with E-state index in [0.29, 0.717) is 26.8 Å². The average Bonchev–Trinajstić information content (AvgIpc) is 3.07. The molecule has 1 N–H and O–H groups in total. The maximum absolute atomic E-state index is 14.4. The van der Waals surface area contributed by atoms with Crippen molar-refractivity contribution in [1.82, 2.24) is 0 Å². The van der Waals surface area contributed by atoms with Gasteiger partial charge in [0.05, 0.1) is 16.6 Å². The van der Waals surface area contributed by atoms with Crippen molar-refractivity contribution < 1.29 is 32.2 Å². The van der Waals surface area contributed by atoms with E-state index in [9.17, 15) is 22.4 Å². The minimum Gasteiger partial charge on any atom is -0.482 e. The van der Waals surface area contributed by atoms with Gasteiger partial charge < -0.3 is 9.84 Å². The normalized spacial score (nSPS) is 18.7. The summed E-state index contributed by atoms with van der Waals surface area (Å²) >= 11 is 2.77. The van der Waals surface area contributed by atoms with Gasteiger partial charge in [-0.1, -0.05) is 23.9 Å². The average molecular weight is 474 g/mol. The quantitative estimate of drug-likeness (QED) is 0.416. The summed E-state index contributed by atoms with van der Waals surface area (Å²) in [4.78, 5) is 15.6. The third-order valence-corrected chi connectivity index (χ3v) is 7.35. The molecule has 2 aromatic carbocycles. The van der Waals surface area contributed by atoms with Crippen LogP contribution in [0.4, 0.5) is 17.6 Å². The number of alkyl halides is 3. The van der Waals surface area contributed by atoms with Crippen LogP contribution in [0.2, 0.25) is 0 Å². The predicted molar refractivity (Wildman–Crippen MR) is 114 cm³/mol. The SMILES string of the molecule is Cc1cc(SCC2SC(c3ccc(C(F)(F)F)cc3)=NC2C)c(F)cc1OCC(=O)O. The van der Waals surface area contributed by atoms with Crippen molar-refractivity contribution in [2.45, 2.75) is 36.2 Å². The van der Waals surface area contributed by atoms with Gasteiger partial charge in [-0.25, -0.2) is 9.18 Å². The molecule has 0 fully saturated rings. The first-order valence-corrected chi connectivity index (χ1v) is 11.1. The van der Waals surface area contributed by atoms with E-state index in [-0.39, 0.29) is 17.0 Å². The molecule has 31 heavy (non-hydrogen) atoms. The predicted octanol–water partition coefficient (Wildman–Crippen LogP) is 5.66. The van der Waals surface area contributed by atoms with Crippen molar-refractivity contribution in [3.63, 3.8) is 0 Å². The van der Waals surface area contributed by atoms with E-state index in [1.54, 1.807) is 13.0 Å². The maximum atomic E-state index is 14.4. The molecule has 0 spiro atoms. The number of hydrogen-bond acceptors (Lipinski definition) is 5. The molecule has 0 aliphatic carbocycles. The molecule has 0 radical (unpaired) electrons. The number of benzene rings is 2. The smallest absolute Gasteiger partial charge is 0.416 e. The number of aryl methyl sites for hydroxylation is 1. The van der Waals surface area contributed by atoms with Gasteiger partial charge in [0.25, 0.3) is 0 Å². The van der Waals surface area contributed by atoms with Crippen LogP contribution in [0.5, 0.6) is 5.75 Å². The molecular weight excluding hydrogens is 454 g/mol. The summed E-state index contributed by atoms with van der Waals surface area (Å²) in [6.07, 6.45) is -4.38. The second-order valence-corrected chi connectivity index (χ2v) is 9.24. The van der Waals surface area contributed by atoms with E-state index >= 15 is 0 Å². The second kappa shape index (κ2) is 9.52. The molecule has 2 aromatic rings. The molecule has 4 nitrogen and oxygen atoms in total. The summed E-state index contributed by atoms with van der Waals surface area (Å²) in [6.45, 7) is 3.08. The number of aliphatic imine (C=N–C) groups is 1. The Bertz CT molecular complexity index is 993. The molecule has 1 heterocycles. The van der Waals surface area contributed by atoms with E-state index in [2.05, 4.69) is 4.99 Å². The number of hydrogen-bond donors (Lipinski definition) is 1. The highest BCUT2D eigenvalue weighted by atomic mass is 32.2. The number of carboxylic acid groups (broad SMARTS) is 1. The third kappa shape index (κ3) is 5.94. The number of ether oxygens (including phenoxy) is 1. The summed E-state index contributed by atoms with van der Waals surface area (Å²) in [5.41, 5.74) is 0.542. The van der Waals surface area contributed by atoms with Crippen LogP contribution in [0.1, 0.15) is 23.6 Å². The van der Waals surface area contributed by atoms with Crippen LogP contribution >= 0.6 is 23.5 Å². The first-order chi connectivity index (χ1) is 14.5. The van der Waals surface area contributed by atoms with E-state index in [0.717, 1.165) is 12.1 Å². The number of carboxylic acids is 1. The lowest BCUT2D eigenvalue weighted by atomic mass is 10.1. The van der Waals surface area contributed by atoms with Crippen molar-refractivity contribution in [1.29, 1.82) is 0 Å². The van der Waals surface area contributed by atoms with Gasteiger partial charge in [-0.15, -0.1) is 11.8 Å². The summed E-state index contributed by atoms with van der Waals surface area (Å²) in [5, 5.41) is 9.39. The first kappa shape index (κ1) is 23.5. The number of aliphatic carboxylic acids is 1. The Morgan fingerprint density at radius 2 is 1.94 bits per heavy atom. The summed E-state index contributed by atoms with van der Waals surface area (Å²) in [7, 11) is 0. The Labute approximate surface area is 185 Å². The van der Waals surface area contributed by atoms with E-state index < -0.39 is 30.1 Å². The van der Waals surface area contributed by atoms with Gasteiger partial charge in [-0.3, -0.25) is 4.99 Å². The van der Waals surface area contributed by atoms with Gasteiger partial charge in [0.1, 0.15) is 11.6 Å². The van der Waals surface area contributed by atoms with Crippen LogP contribution in [0.15, 0.2) is 46.3 Å². The molecule has 10 heteroatoms. The fourth-order valence-corrected chi connectivity index (χ4v) is 5.47. The first-order valence-electron chi connectivity index (χ1n) is 9.24. The number of nitrogens with zero attached hydrogens (tertiary/aromatic N) is 1. The molecule has 1 aliphatic rings. The monoisotopic (exact) mass is 473 g/mol. The van der Waals surface area contributed by atoms with Crippen LogP contribution in [0, 0.1) is 12.7 Å². The Morgan fingerprint density at radius 1 is 1.26 bits per heavy atom. The minimum absolute atomic E-state index is 0.0323. The Morgan fingerprint density at radius 3 is 2.55 bits per heavy atom. The van der Waals surface area contributed by atoms with Crippen LogP contribution < -0.4 is 4.74 Å². The van der Waals surface area contributed by atoms with Gasteiger partial charge in [-0.05, 0) is 37.6 Å². The molecular formula is C21H19F4NO3S2. The minimum atomic E-state index is -4.38. The standard InChI is InChI=1S/C21H19F4NO3S2/c1-11-7-17(15(22)8-16(11)29-9-19(27)28)30-10-18-12(2)26-20(31-18)13-3-5-14(6-4-13)21(23,24)25/h3-8,12,18H,9-10H2,1-2H3,(H,27,28). The van der Waals surface area contributed by atoms with Crippen LogP contribution in [-0.2, 0) is 11.0 Å². The van der Waals surface area contributed by atoms with E-state index in [1.165, 1.54) is 41.7 Å². The molecule has 2 unspecified atom stereocenters. The fourth-order valence-electron chi connectivity index (χ4n) is 2.87. The Hall–Kier alpha value is -2.20. The highest BCUT2D eigenvalue weighted by Crippen LogP contribution is 2.37. The number of halogens is 4. The number of rotatable bonds is 7. The lowest BCUT2D eigenvalue weighted by Crippen LogP contribution is -2.16. The largest absolute Gasteiger partial charge is 0.482 e. The van der Waals surface area contributed by atoms with E-state index in [1.807, 2.05) is 6.92 Å². The van der Waals surface area contributed by atoms with Crippen LogP contribution in [0.3, 0.4) is 0 Å². The molecule has 0 aromatic heterocycles. The fraction of sp³-hybridized carbons (Fsp3) is 0.333. The summed E-state index contributed by atoms with van der Waals surface area (Å²) < 4.78 is 57.7. The summed E-state index contributed by atoms with van der Waals surface area (Å²) in [6, 6.07) is 7.62. The van der Waals surface area contributed by atoms with Gasteiger partial charge >= 0.3 is 12.1 Å². The second-order valence-electron chi connectivity index (χ2n) is 6.95. The highest BCUT2D eigenvalue weighted by molar-refractivity contribution is 8.16. The van der Waals surface area contributed by atoms with Crippen molar-refractivity contribution in [3.05, 3.63) is 58.9 Å². The zero-order valence-corrected chi connectivity index (χ0v) is 18.2. The lowest BCUT2D eigenvalue weighted by molar-refractivity contribution is -0.139. The van der Waals surface area contributed by atoms with Crippen molar-refractivity contribution in [3.8, 4) is 5.75 Å². The molecule has 0 saturated carbocycles. The summed E-state index contributed by atoms with van der Waals surface area (Å²) in [5.74, 6) is -0.920. The van der Waals surface area contributed by atoms with Gasteiger partial charge in [0, 0.05) is 27.5 Å². The molecule has 0 amide bonds. The van der Waals surface area contributed by atoms with Crippen molar-refractivity contribution in [2.24, 2.45) is 4.99 Å². The molecule has 2 atom stereocenters. The van der Waals surface area contributed by atoms with Gasteiger partial charge in [-0.2, -0.15) is 13.2 Å². The van der Waals surface area contributed by atoms with Gasteiger partial charge in [0.15, 0.2) is 6.61 Å². The van der Waals surface area contributed by atoms with Crippen molar-refractivity contribution in [2.75, 3.05) is 12.4 Å². The topological polar surface area (TPSA) is 58.9 Å². The Balaban J connectivity index is 1.62. The zero-order valence-electron chi connectivity index (χ0n) is 16.6. The van der Waals surface area contributed by atoms with Crippen LogP contribution in [0.25, 0.3) is 0 Å². The molecule has 3 rings (SSSR count). The molecule has 1 aliphatic heterocycles. The number of thioether (sulfide) groups is 2. The molecule has 166 valence electrons. The van der Waals surface area contributed by atoms with E-state index in [4.69, 9.17) is 9.84 Å². The molecule has 0 bridgehead atoms. The van der Waals surface area contributed by atoms with Crippen molar-refractivity contribution >= 4 is 34.5 Å². The molecule has 0 saturated heterocycles. The highest BCUT2D eigenvalue weighted by Gasteiger charge is 2.31. The lowest BCUT2D eigenvalue weighted by Gasteiger charge is -2.14. The maximum Gasteiger partial charge on any atom is 0.416 e. The third-order valence-electron chi connectivity index (χ3n) is 4.56.